The van der Waals surface area contributed by atoms with Crippen LogP contribution in [0, 0.1) is 56.7 Å². The summed E-state index contributed by atoms with van der Waals surface area (Å²) in [4.78, 5) is 26.6. The first-order valence-corrected chi connectivity index (χ1v) is 21.7. The van der Waals surface area contributed by atoms with Gasteiger partial charge in [-0.3, -0.25) is 4.79 Å². The van der Waals surface area contributed by atoms with Crippen molar-refractivity contribution in [3.63, 3.8) is 0 Å². The van der Waals surface area contributed by atoms with Crippen LogP contribution in [-0.4, -0.2) is 27.4 Å². The summed E-state index contributed by atoms with van der Waals surface area (Å²) in [6, 6.07) is 8.08. The molecule has 6 rings (SSSR count). The fourth-order valence-corrected chi connectivity index (χ4v) is 13.8. The Morgan fingerprint density at radius 1 is 0.830 bits per heavy atom. The highest BCUT2D eigenvalue weighted by atomic mass is 28.4. The van der Waals surface area contributed by atoms with Crippen LogP contribution in [0.25, 0.3) is 5.57 Å². The molecule has 0 aliphatic heterocycles. The van der Waals surface area contributed by atoms with Crippen molar-refractivity contribution in [3.8, 4) is 0 Å². The van der Waals surface area contributed by atoms with Gasteiger partial charge in [-0.05, 0) is 150 Å². The second-order valence-corrected chi connectivity index (χ2v) is 24.4. The first-order chi connectivity index (χ1) is 21.7. The van der Waals surface area contributed by atoms with Crippen LogP contribution >= 0.6 is 0 Å². The van der Waals surface area contributed by atoms with Crippen molar-refractivity contribution in [2.75, 3.05) is 7.11 Å². The Labute approximate surface area is 287 Å². The molecule has 0 saturated heterocycles. The molecule has 0 spiro atoms. The molecule has 0 aromatic heterocycles. The van der Waals surface area contributed by atoms with Crippen molar-refractivity contribution in [1.29, 1.82) is 0 Å². The Hall–Kier alpha value is -1.88. The monoisotopic (exact) mass is 660 g/mol. The summed E-state index contributed by atoms with van der Waals surface area (Å²) in [6.45, 7) is 26.7. The normalized spacial score (nSPS) is 41.0. The van der Waals surface area contributed by atoms with Gasteiger partial charge in [0.15, 0.2) is 0 Å². The van der Waals surface area contributed by atoms with E-state index in [1.807, 2.05) is 12.1 Å². The van der Waals surface area contributed by atoms with Gasteiger partial charge >= 0.3 is 5.97 Å². The maximum Gasteiger partial charge on any atom is 0.337 e. The zero-order valence-corrected chi connectivity index (χ0v) is 32.8. The van der Waals surface area contributed by atoms with Gasteiger partial charge in [0.25, 0.3) is 14.3 Å². The standard InChI is InChI=1S/C42H64O4Si/c1-27-19-24-42(36(44)46-47(11,12)37(2,3)4)26-25-40(8)31(34(27)42)17-18-33-39(7)22-20-30(28-13-15-29(16-14-28)35(43)45-10)38(5,6)32(39)21-23-41(33,40)9/h13-16,20,27,31-34H,17-19,21-26H2,1-12H3/t27-,31-,32+,33-,34-,39+,40-,41-,42+/m1/s1. The zero-order chi connectivity index (χ0) is 34.6. The lowest BCUT2D eigenvalue weighted by atomic mass is 9.32. The summed E-state index contributed by atoms with van der Waals surface area (Å²) in [7, 11) is -0.762. The Kier molecular flexibility index (Phi) is 8.23. The van der Waals surface area contributed by atoms with Gasteiger partial charge in [-0.15, -0.1) is 0 Å². The summed E-state index contributed by atoms with van der Waals surface area (Å²) in [5, 5.41) is 0.0242. The highest BCUT2D eigenvalue weighted by Gasteiger charge is 2.71. The largest absolute Gasteiger partial charge is 0.519 e. The Bertz CT molecular complexity index is 1450. The van der Waals surface area contributed by atoms with Crippen LogP contribution in [0.5, 0.6) is 0 Å². The summed E-state index contributed by atoms with van der Waals surface area (Å²) >= 11 is 0. The first-order valence-electron chi connectivity index (χ1n) is 18.8. The van der Waals surface area contributed by atoms with Gasteiger partial charge in [0, 0.05) is 0 Å². The number of esters is 1. The molecule has 5 aliphatic rings. The third kappa shape index (κ3) is 4.84. The second kappa shape index (κ2) is 11.1. The minimum Gasteiger partial charge on any atom is -0.519 e. The van der Waals surface area contributed by atoms with E-state index in [2.05, 4.69) is 93.6 Å². The van der Waals surface area contributed by atoms with E-state index in [9.17, 15) is 9.59 Å². The van der Waals surface area contributed by atoms with Crippen LogP contribution in [0.15, 0.2) is 30.3 Å². The number of hydrogen-bond acceptors (Lipinski definition) is 4. The Balaban J connectivity index is 1.31. The molecule has 9 atom stereocenters. The lowest BCUT2D eigenvalue weighted by Crippen LogP contribution is -2.66. The number of carbonyl (C=O) groups is 2. The molecule has 0 heterocycles. The van der Waals surface area contributed by atoms with E-state index in [4.69, 9.17) is 9.16 Å². The van der Waals surface area contributed by atoms with E-state index in [1.54, 1.807) is 0 Å². The minimum absolute atomic E-state index is 0.0242. The Morgan fingerprint density at radius 2 is 1.49 bits per heavy atom. The molecule has 260 valence electrons. The number of fused-ring (bicyclic) bond motifs is 7. The van der Waals surface area contributed by atoms with Crippen molar-refractivity contribution < 1.29 is 18.8 Å². The minimum atomic E-state index is -2.20. The average Bonchev–Trinajstić information content (AvgIpc) is 3.33. The van der Waals surface area contributed by atoms with Crippen molar-refractivity contribution in [2.45, 2.75) is 138 Å². The van der Waals surface area contributed by atoms with Gasteiger partial charge in [0.2, 0.25) is 0 Å². The number of hydrogen-bond donors (Lipinski definition) is 0. The van der Waals surface area contributed by atoms with Crippen LogP contribution in [0.4, 0.5) is 0 Å². The van der Waals surface area contributed by atoms with Gasteiger partial charge in [-0.1, -0.05) is 80.5 Å². The molecule has 5 heteroatoms. The van der Waals surface area contributed by atoms with Gasteiger partial charge in [-0.2, -0.15) is 0 Å². The van der Waals surface area contributed by atoms with Crippen molar-refractivity contribution >= 4 is 25.8 Å². The Morgan fingerprint density at radius 3 is 2.11 bits per heavy atom. The van der Waals surface area contributed by atoms with Gasteiger partial charge < -0.3 is 9.16 Å². The quantitative estimate of drug-likeness (QED) is 0.238. The molecule has 0 unspecified atom stereocenters. The maximum atomic E-state index is 14.5. The first kappa shape index (κ1) is 35.0. The lowest BCUT2D eigenvalue weighted by molar-refractivity contribution is -0.228. The molecule has 0 amide bonds. The van der Waals surface area contributed by atoms with Gasteiger partial charge in [-0.25, -0.2) is 4.79 Å². The molecule has 1 aromatic carbocycles. The molecule has 4 fully saturated rings. The lowest BCUT2D eigenvalue weighted by Gasteiger charge is -2.72. The second-order valence-electron chi connectivity index (χ2n) is 19.6. The zero-order valence-electron chi connectivity index (χ0n) is 31.8. The topological polar surface area (TPSA) is 52.6 Å². The number of allylic oxidation sites excluding steroid dienone is 2. The maximum absolute atomic E-state index is 14.5. The fourth-order valence-electron chi connectivity index (χ4n) is 12.8. The molecule has 0 radical (unpaired) electrons. The predicted octanol–water partition coefficient (Wildman–Crippen LogP) is 11.1. The van der Waals surface area contributed by atoms with Crippen molar-refractivity contribution in [1.82, 2.24) is 0 Å². The van der Waals surface area contributed by atoms with E-state index in [1.165, 1.54) is 43.9 Å². The fraction of sp³-hybridized carbons (Fsp3) is 0.762. The number of methoxy groups -OCH3 is 1. The van der Waals surface area contributed by atoms with Crippen LogP contribution in [0.2, 0.25) is 18.1 Å². The third-order valence-corrected chi connectivity index (χ3v) is 20.8. The SMILES string of the molecule is COC(=O)c1ccc(C2=CC[C@]3(C)[C@H]4CC[C@@H]5[C@H]6[C@H](C)CC[C@]6(C(=O)O[Si](C)(C)C(C)(C)C)CC[C@@]5(C)[C@]4(C)CC[C@H]3C2(C)C)cc1. The third-order valence-electron chi connectivity index (χ3n) is 16.5. The van der Waals surface area contributed by atoms with E-state index >= 15 is 0 Å². The van der Waals surface area contributed by atoms with Crippen molar-refractivity contribution in [2.24, 2.45) is 56.7 Å². The van der Waals surface area contributed by atoms with Gasteiger partial charge in [0.1, 0.15) is 0 Å². The van der Waals surface area contributed by atoms with Crippen LogP contribution in [-0.2, 0) is 14.0 Å². The predicted molar refractivity (Wildman–Crippen MR) is 194 cm³/mol. The van der Waals surface area contributed by atoms with Crippen LogP contribution in [0.3, 0.4) is 0 Å². The summed E-state index contributed by atoms with van der Waals surface area (Å²) in [6.07, 6.45) is 13.0. The number of rotatable bonds is 4. The number of ether oxygens (including phenoxy) is 1. The summed E-state index contributed by atoms with van der Waals surface area (Å²) < 4.78 is 11.6. The van der Waals surface area contributed by atoms with E-state index < -0.39 is 8.32 Å². The average molecular weight is 661 g/mol. The molecular weight excluding hydrogens is 597 g/mol. The summed E-state index contributed by atoms with van der Waals surface area (Å²) in [5.41, 5.74) is 3.73. The molecule has 0 N–H and O–H groups in total. The highest BCUT2D eigenvalue weighted by molar-refractivity contribution is 6.75. The highest BCUT2D eigenvalue weighted by Crippen LogP contribution is 2.77. The number of carbonyl (C=O) groups excluding carboxylic acids is 2. The molecule has 0 bridgehead atoms. The molecule has 4 saturated carbocycles. The number of benzene rings is 1. The van der Waals surface area contributed by atoms with Gasteiger partial charge in [0.05, 0.1) is 18.1 Å². The summed E-state index contributed by atoms with van der Waals surface area (Å²) in [5.74, 6) is 2.73. The van der Waals surface area contributed by atoms with E-state index in [0.717, 1.165) is 32.1 Å². The molecule has 47 heavy (non-hydrogen) atoms. The molecule has 1 aromatic rings. The van der Waals surface area contributed by atoms with E-state index in [-0.39, 0.29) is 44.1 Å². The molecule has 5 aliphatic carbocycles. The smallest absolute Gasteiger partial charge is 0.337 e. The molecular formula is C42H64O4Si. The van der Waals surface area contributed by atoms with E-state index in [0.29, 0.717) is 35.2 Å². The van der Waals surface area contributed by atoms with Crippen molar-refractivity contribution in [3.05, 3.63) is 41.5 Å². The van der Waals surface area contributed by atoms with Crippen LogP contribution < -0.4 is 0 Å². The van der Waals surface area contributed by atoms with Crippen LogP contribution in [0.1, 0.15) is 136 Å². The molecule has 4 nitrogen and oxygen atoms in total.